The van der Waals surface area contributed by atoms with Gasteiger partial charge < -0.3 is 5.11 Å². The number of rotatable bonds is 6. The molecule has 0 aromatic heterocycles. The first-order chi connectivity index (χ1) is 8.40. The van der Waals surface area contributed by atoms with E-state index in [9.17, 15) is 9.59 Å². The number of nitrogens with one attached hydrogen (secondary N) is 1. The van der Waals surface area contributed by atoms with Gasteiger partial charge in [-0.3, -0.25) is 14.3 Å². The summed E-state index contributed by atoms with van der Waals surface area (Å²) in [5, 5.41) is 8.80. The highest BCUT2D eigenvalue weighted by Gasteiger charge is 2.26. The quantitative estimate of drug-likeness (QED) is 0.406. The standard InChI is InChI=1S/C8H14INO3S.C2H6.C2H4/c1-8(2,7(12)13)5-3-4-6(11)10-14-9;2*1-2/h3-5H2,1-2H3,(H,10,11)(H,12,13);1-2H3;1-2H2. The largest absolute Gasteiger partial charge is 0.481 e. The van der Waals surface area contributed by atoms with E-state index in [4.69, 9.17) is 5.11 Å². The highest BCUT2D eigenvalue weighted by molar-refractivity contribution is 14.2. The molecule has 0 unspecified atom stereocenters. The number of aliphatic carboxylic acids is 1. The van der Waals surface area contributed by atoms with E-state index in [1.54, 1.807) is 13.8 Å². The number of carboxylic acid groups (broad SMARTS) is 1. The molecular weight excluding hydrogens is 365 g/mol. The molecule has 18 heavy (non-hydrogen) atoms. The molecule has 0 bridgehead atoms. The van der Waals surface area contributed by atoms with Crippen molar-refractivity contribution in [2.75, 3.05) is 0 Å². The van der Waals surface area contributed by atoms with Gasteiger partial charge in [-0.15, -0.1) is 13.2 Å². The minimum Gasteiger partial charge on any atom is -0.481 e. The molecule has 6 heteroatoms. The normalized spacial score (nSPS) is 9.17. The predicted octanol–water partition coefficient (Wildman–Crippen LogP) is 4.21. The molecule has 108 valence electrons. The van der Waals surface area contributed by atoms with Crippen molar-refractivity contribution in [3.05, 3.63) is 13.2 Å². The maximum Gasteiger partial charge on any atom is 0.309 e. The van der Waals surface area contributed by atoms with Crippen LogP contribution in [0.25, 0.3) is 0 Å². The van der Waals surface area contributed by atoms with Crippen molar-refractivity contribution in [3.63, 3.8) is 0 Å². The van der Waals surface area contributed by atoms with Gasteiger partial charge in [0.05, 0.1) is 5.41 Å². The summed E-state index contributed by atoms with van der Waals surface area (Å²) in [6, 6.07) is 0. The minimum atomic E-state index is -0.818. The maximum atomic E-state index is 11.0. The second-order valence-corrected chi connectivity index (χ2v) is 5.32. The first-order valence-electron chi connectivity index (χ1n) is 5.70. The highest BCUT2D eigenvalue weighted by Crippen LogP contribution is 2.23. The zero-order chi connectivity index (χ0) is 15.2. The Hall–Kier alpha value is -0.240. The second kappa shape index (κ2) is 14.8. The van der Waals surface area contributed by atoms with Crippen LogP contribution in [0.1, 0.15) is 47.0 Å². The van der Waals surface area contributed by atoms with Crippen LogP contribution in [-0.2, 0) is 9.59 Å². The summed E-state index contributed by atoms with van der Waals surface area (Å²) in [6.45, 7) is 13.3. The highest BCUT2D eigenvalue weighted by atomic mass is 127. The zero-order valence-corrected chi connectivity index (χ0v) is 14.6. The van der Waals surface area contributed by atoms with Gasteiger partial charge in [0, 0.05) is 36.7 Å². The van der Waals surface area contributed by atoms with Crippen LogP contribution < -0.4 is 4.72 Å². The molecule has 0 aliphatic heterocycles. The number of carbonyl (C=O) groups is 2. The summed E-state index contributed by atoms with van der Waals surface area (Å²) < 4.78 is 2.58. The molecule has 0 aliphatic rings. The van der Waals surface area contributed by atoms with Crippen LogP contribution in [0.4, 0.5) is 0 Å². The molecule has 0 aromatic carbocycles. The fourth-order valence-corrected chi connectivity index (χ4v) is 1.82. The van der Waals surface area contributed by atoms with Crippen molar-refractivity contribution < 1.29 is 14.7 Å². The van der Waals surface area contributed by atoms with Gasteiger partial charge in [-0.25, -0.2) is 0 Å². The first kappa shape index (κ1) is 22.9. The molecule has 0 aromatic rings. The number of hydrogen-bond donors (Lipinski definition) is 2. The molecule has 0 heterocycles. The lowest BCUT2D eigenvalue weighted by Gasteiger charge is -2.18. The summed E-state index contributed by atoms with van der Waals surface area (Å²) >= 11 is 1.97. The number of carboxylic acids is 1. The lowest BCUT2D eigenvalue weighted by Crippen LogP contribution is -2.24. The van der Waals surface area contributed by atoms with E-state index in [0.717, 1.165) is 0 Å². The van der Waals surface area contributed by atoms with Crippen molar-refractivity contribution >= 4 is 42.2 Å². The number of halogens is 1. The van der Waals surface area contributed by atoms with E-state index >= 15 is 0 Å². The van der Waals surface area contributed by atoms with Crippen LogP contribution >= 0.6 is 30.3 Å². The molecule has 0 fully saturated rings. The Kier molecular flexibility index (Phi) is 18.9. The van der Waals surface area contributed by atoms with E-state index in [2.05, 4.69) is 17.9 Å². The SMILES string of the molecule is C=C.CC.CC(C)(CCCC(=O)NSI)C(=O)O. The molecular formula is C12H24INO3S. The van der Waals surface area contributed by atoms with Gasteiger partial charge in [0.15, 0.2) is 0 Å². The Morgan fingerprint density at radius 1 is 1.33 bits per heavy atom. The van der Waals surface area contributed by atoms with Crippen LogP contribution in [0.2, 0.25) is 0 Å². The average Bonchev–Trinajstić information content (AvgIpc) is 2.34. The molecule has 1 amide bonds. The van der Waals surface area contributed by atoms with Gasteiger partial charge >= 0.3 is 5.97 Å². The molecule has 0 rings (SSSR count). The minimum absolute atomic E-state index is 0.0504. The summed E-state index contributed by atoms with van der Waals surface area (Å²) in [5.74, 6) is -0.869. The fraction of sp³-hybridized carbons (Fsp3) is 0.667. The number of hydrogen-bond acceptors (Lipinski definition) is 3. The van der Waals surface area contributed by atoms with E-state index in [1.165, 1.54) is 9.12 Å². The monoisotopic (exact) mass is 389 g/mol. The van der Waals surface area contributed by atoms with E-state index in [0.29, 0.717) is 19.3 Å². The van der Waals surface area contributed by atoms with Crippen LogP contribution in [-0.4, -0.2) is 17.0 Å². The summed E-state index contributed by atoms with van der Waals surface area (Å²) in [4.78, 5) is 21.7. The van der Waals surface area contributed by atoms with Gasteiger partial charge in [0.25, 0.3) is 0 Å². The molecule has 0 atom stereocenters. The molecule has 0 saturated carbocycles. The van der Waals surface area contributed by atoms with Gasteiger partial charge in [0.2, 0.25) is 5.91 Å². The van der Waals surface area contributed by atoms with Crippen molar-refractivity contribution in [2.24, 2.45) is 5.41 Å². The van der Waals surface area contributed by atoms with Crippen LogP contribution in [0, 0.1) is 5.41 Å². The molecule has 0 aliphatic carbocycles. The van der Waals surface area contributed by atoms with Gasteiger partial charge in [0.1, 0.15) is 0 Å². The van der Waals surface area contributed by atoms with Gasteiger partial charge in [-0.1, -0.05) is 13.8 Å². The van der Waals surface area contributed by atoms with Gasteiger partial charge in [-0.05, 0) is 26.7 Å². The summed E-state index contributed by atoms with van der Waals surface area (Å²) in [5.41, 5.74) is -0.738. The van der Waals surface area contributed by atoms with Crippen molar-refractivity contribution in [2.45, 2.75) is 47.0 Å². The average molecular weight is 389 g/mol. The van der Waals surface area contributed by atoms with Crippen LogP contribution in [0.5, 0.6) is 0 Å². The fourth-order valence-electron chi connectivity index (χ4n) is 0.892. The van der Waals surface area contributed by atoms with E-state index < -0.39 is 11.4 Å². The van der Waals surface area contributed by atoms with E-state index in [-0.39, 0.29) is 5.91 Å². The molecule has 0 saturated heterocycles. The summed E-state index contributed by atoms with van der Waals surface area (Å²) in [7, 11) is 1.23. The lowest BCUT2D eigenvalue weighted by molar-refractivity contribution is -0.147. The lowest BCUT2D eigenvalue weighted by atomic mass is 9.87. The summed E-state index contributed by atoms with van der Waals surface area (Å²) in [6.07, 6.45) is 1.50. The van der Waals surface area contributed by atoms with Crippen molar-refractivity contribution in [3.8, 4) is 0 Å². The Bertz CT molecular complexity index is 235. The third-order valence-electron chi connectivity index (χ3n) is 1.94. The first-order valence-corrected chi connectivity index (χ1v) is 9.06. The Morgan fingerprint density at radius 2 is 1.78 bits per heavy atom. The van der Waals surface area contributed by atoms with E-state index in [1.807, 2.05) is 35.1 Å². The predicted molar refractivity (Wildman–Crippen MR) is 87.6 cm³/mol. The van der Waals surface area contributed by atoms with Crippen LogP contribution in [0.15, 0.2) is 13.2 Å². The number of carbonyl (C=O) groups excluding carboxylic acids is 1. The Labute approximate surface area is 127 Å². The molecule has 2 N–H and O–H groups in total. The third-order valence-corrected chi connectivity index (χ3v) is 2.90. The van der Waals surface area contributed by atoms with Crippen LogP contribution in [0.3, 0.4) is 0 Å². The van der Waals surface area contributed by atoms with Crippen molar-refractivity contribution in [1.82, 2.24) is 4.72 Å². The topological polar surface area (TPSA) is 66.4 Å². The molecule has 4 nitrogen and oxygen atoms in total. The zero-order valence-electron chi connectivity index (χ0n) is 11.6. The maximum absolute atomic E-state index is 11.0. The molecule has 0 radical (unpaired) electrons. The smallest absolute Gasteiger partial charge is 0.309 e. The van der Waals surface area contributed by atoms with Gasteiger partial charge in [-0.2, -0.15) is 0 Å². The van der Waals surface area contributed by atoms with Crippen molar-refractivity contribution in [1.29, 1.82) is 0 Å². The second-order valence-electron chi connectivity index (χ2n) is 3.64. The Morgan fingerprint density at radius 3 is 2.11 bits per heavy atom. The molecule has 0 spiro atoms. The number of amides is 1. The third kappa shape index (κ3) is 13.8. The Balaban J connectivity index is -0.000000506.